The molecule has 2 aliphatic heterocycles. The van der Waals surface area contributed by atoms with Gasteiger partial charge in [0.1, 0.15) is 0 Å². The molecular formula is C37H24F9I2NO2. The Bertz CT molecular complexity index is 2370. The van der Waals surface area contributed by atoms with Gasteiger partial charge >= 0.3 is 300 Å². The molecule has 2 unspecified atom stereocenters. The molecule has 0 fully saturated rings. The first kappa shape index (κ1) is 34.7. The van der Waals surface area contributed by atoms with E-state index in [0.717, 1.165) is 38.2 Å². The Morgan fingerprint density at radius 3 is 2.18 bits per heavy atom. The van der Waals surface area contributed by atoms with Gasteiger partial charge in [-0.2, -0.15) is 0 Å². The number of para-hydroxylation sites is 1. The normalized spacial score (nSPS) is 20.7. The molecule has 4 aromatic carbocycles. The van der Waals surface area contributed by atoms with Crippen LogP contribution < -0.4 is 4.74 Å². The van der Waals surface area contributed by atoms with Gasteiger partial charge in [-0.05, 0) is 0 Å². The van der Waals surface area contributed by atoms with Gasteiger partial charge in [-0.25, -0.2) is 0 Å². The first-order valence-corrected chi connectivity index (χ1v) is 25.1. The van der Waals surface area contributed by atoms with E-state index in [4.69, 9.17) is 12.4 Å². The molecule has 14 heteroatoms. The number of ether oxygens (including phenoxy) is 1. The summed E-state index contributed by atoms with van der Waals surface area (Å²) in [7, 11) is 0. The van der Waals surface area contributed by atoms with Crippen LogP contribution in [0.25, 0.3) is 21.7 Å². The van der Waals surface area contributed by atoms with E-state index in [-0.39, 0.29) is 23.4 Å². The third kappa shape index (κ3) is 5.69. The third-order valence-electron chi connectivity index (χ3n) is 9.28. The van der Waals surface area contributed by atoms with Crippen molar-refractivity contribution in [3.05, 3.63) is 124 Å². The summed E-state index contributed by atoms with van der Waals surface area (Å²) in [6.45, 7) is 4.04. The van der Waals surface area contributed by atoms with Crippen LogP contribution in [0.15, 0.2) is 86.5 Å². The second-order valence-electron chi connectivity index (χ2n) is 12.6. The van der Waals surface area contributed by atoms with Crippen molar-refractivity contribution >= 4 is 64.0 Å². The van der Waals surface area contributed by atoms with Gasteiger partial charge < -0.3 is 0 Å². The molecule has 0 saturated carbocycles. The minimum absolute atomic E-state index is 0.143. The number of furan rings is 1. The topological polar surface area (TPSA) is 34.7 Å². The van der Waals surface area contributed by atoms with Crippen LogP contribution in [0.1, 0.15) is 70.9 Å². The van der Waals surface area contributed by atoms with Crippen molar-refractivity contribution in [3.63, 3.8) is 0 Å². The monoisotopic (exact) mass is 939 g/mol. The molecule has 266 valence electrons. The summed E-state index contributed by atoms with van der Waals surface area (Å²) < 4.78 is 145. The Morgan fingerprint density at radius 1 is 0.824 bits per heavy atom. The number of fused-ring (bicyclic) bond motifs is 11. The van der Waals surface area contributed by atoms with Crippen molar-refractivity contribution in [3.8, 4) is 5.75 Å². The average molecular weight is 939 g/mol. The second-order valence-corrected chi connectivity index (χ2v) is 26.1. The van der Waals surface area contributed by atoms with Gasteiger partial charge in [-0.15, -0.1) is 0 Å². The predicted octanol–water partition coefficient (Wildman–Crippen LogP) is 12.7. The van der Waals surface area contributed by atoms with Gasteiger partial charge in [0.05, 0.1) is 0 Å². The molecule has 5 aromatic rings. The molecule has 2 bridgehead atoms. The second kappa shape index (κ2) is 11.8. The molecule has 0 amide bonds. The van der Waals surface area contributed by atoms with Crippen molar-refractivity contribution in [2.45, 2.75) is 54.6 Å². The molecule has 8 rings (SSSR count). The van der Waals surface area contributed by atoms with E-state index in [9.17, 15) is 39.5 Å². The van der Waals surface area contributed by atoms with Gasteiger partial charge in [0.15, 0.2) is 0 Å². The van der Waals surface area contributed by atoms with Crippen molar-refractivity contribution in [2.24, 2.45) is 3.21 Å². The zero-order chi connectivity index (χ0) is 36.2. The predicted molar refractivity (Wildman–Crippen MR) is 194 cm³/mol. The SMILES string of the molecule is CCCc1ccc2cc3c(cc2c1)C(Oc1cc(C(F)(F)F)c(C(F)(F)F)cc1C(F)(F)F)=NI1I=C3c2oc3ccccc3c2C2C=CC21C. The maximum atomic E-state index is 14.4. The fourth-order valence-electron chi connectivity index (χ4n) is 6.76. The fourth-order valence-corrected chi connectivity index (χ4v) is 24.4. The van der Waals surface area contributed by atoms with Crippen LogP contribution in [0.2, 0.25) is 0 Å². The van der Waals surface area contributed by atoms with Gasteiger partial charge in [-0.3, -0.25) is 0 Å². The number of alkyl halides is 10. The Balaban J connectivity index is 1.41. The Hall–Kier alpha value is -3.41. The number of rotatable bonds is 3. The molecule has 3 aliphatic rings. The average Bonchev–Trinajstić information content (AvgIpc) is 3.30. The molecule has 3 nitrogen and oxygen atoms in total. The first-order valence-electron chi connectivity index (χ1n) is 15.6. The molecule has 51 heavy (non-hydrogen) atoms. The summed E-state index contributed by atoms with van der Waals surface area (Å²) in [6, 6.07) is 16.3. The maximum absolute atomic E-state index is 14.4. The standard InChI is InChI=1S/C37H24F9I2NO2/c1-3-6-18-9-10-19-14-22-23(15-20(19)13-18)33(51-29-17-26(36(41,42)43)25(35(38,39)40)16-27(29)37(44,45)46)49-48-34(2)12-11-24(34)30-21-7-4-5-8-28(21)50-32(30)31(22)47-48/h4-5,7-17,24H,3,6H2,1-2H3. The molecule has 2 atom stereocenters. The van der Waals surface area contributed by atoms with Crippen molar-refractivity contribution in [1.29, 1.82) is 0 Å². The Labute approximate surface area is 298 Å². The van der Waals surface area contributed by atoms with Gasteiger partial charge in [0, 0.05) is 0 Å². The van der Waals surface area contributed by atoms with Crippen LogP contribution in [-0.2, 0) is 24.9 Å². The van der Waals surface area contributed by atoms with E-state index in [1.165, 1.54) is 0 Å². The Kier molecular flexibility index (Phi) is 8.02. The summed E-state index contributed by atoms with van der Waals surface area (Å²) in [5.74, 6) is -1.24. The molecule has 0 N–H and O–H groups in total. The van der Waals surface area contributed by atoms with E-state index in [1.807, 2.05) is 74.5 Å². The van der Waals surface area contributed by atoms with E-state index in [1.54, 1.807) is 6.07 Å². The third-order valence-corrected chi connectivity index (χ3v) is 27.4. The number of halogens is 11. The van der Waals surface area contributed by atoms with Crippen LogP contribution in [-0.4, -0.2) is 12.8 Å². The van der Waals surface area contributed by atoms with E-state index >= 15 is 0 Å². The Morgan fingerprint density at radius 2 is 1.51 bits per heavy atom. The van der Waals surface area contributed by atoms with Crippen molar-refractivity contribution in [1.82, 2.24) is 0 Å². The fraction of sp³-hybridized carbons (Fsp3) is 0.243. The van der Waals surface area contributed by atoms with Crippen LogP contribution >= 0.6 is 32.9 Å². The number of nitrogens with zero attached hydrogens (tertiary/aromatic N) is 1. The molecule has 0 radical (unpaired) electrons. The van der Waals surface area contributed by atoms with E-state index in [0.29, 0.717) is 22.3 Å². The zero-order valence-corrected chi connectivity index (χ0v) is 30.7. The van der Waals surface area contributed by atoms with Gasteiger partial charge in [0.25, 0.3) is 0 Å². The van der Waals surface area contributed by atoms with E-state index in [2.05, 4.69) is 0 Å². The minimum atomic E-state index is -5.72. The number of hydrogen-bond acceptors (Lipinski definition) is 3. The zero-order valence-electron chi connectivity index (χ0n) is 26.4. The van der Waals surface area contributed by atoms with Crippen LogP contribution in [0.3, 0.4) is 0 Å². The summed E-state index contributed by atoms with van der Waals surface area (Å²) in [6.07, 6.45) is -11.2. The summed E-state index contributed by atoms with van der Waals surface area (Å²) in [5.41, 5.74) is -3.27. The van der Waals surface area contributed by atoms with Crippen molar-refractivity contribution < 1.29 is 48.7 Å². The number of benzene rings is 4. The molecule has 0 spiro atoms. The molecule has 1 aliphatic carbocycles. The van der Waals surface area contributed by atoms with Gasteiger partial charge in [-0.1, -0.05) is 0 Å². The van der Waals surface area contributed by atoms with Crippen LogP contribution in [0, 0.1) is 0 Å². The molecule has 1 aromatic heterocycles. The number of allylic oxidation sites excluding steroid dienone is 2. The van der Waals surface area contributed by atoms with Crippen LogP contribution in [0.4, 0.5) is 39.5 Å². The molecule has 3 heterocycles. The first-order chi connectivity index (χ1) is 24.0. The van der Waals surface area contributed by atoms with E-state index < -0.39 is 83.3 Å². The summed E-state index contributed by atoms with van der Waals surface area (Å²) in [4.78, 5) is 0. The van der Waals surface area contributed by atoms with Crippen LogP contribution in [0.5, 0.6) is 5.75 Å². The van der Waals surface area contributed by atoms with Crippen molar-refractivity contribution in [2.75, 3.05) is 0 Å². The molecular weight excluding hydrogens is 915 g/mol. The summed E-state index contributed by atoms with van der Waals surface area (Å²) >= 11 is -3.74. The van der Waals surface area contributed by atoms with Gasteiger partial charge in [0.2, 0.25) is 0 Å². The quantitative estimate of drug-likeness (QED) is 0.0782. The number of aryl methyl sites for hydroxylation is 1. The number of hydrogen-bond donors (Lipinski definition) is 0. The molecule has 0 saturated heterocycles. The summed E-state index contributed by atoms with van der Waals surface area (Å²) in [5, 5.41) is 2.44.